The van der Waals surface area contributed by atoms with E-state index >= 15 is 0 Å². The first-order valence-corrected chi connectivity index (χ1v) is 4.89. The van der Waals surface area contributed by atoms with Crippen LogP contribution in [-0.4, -0.2) is 24.4 Å². The van der Waals surface area contributed by atoms with E-state index in [0.29, 0.717) is 5.82 Å². The van der Waals surface area contributed by atoms with Crippen LogP contribution in [0.15, 0.2) is 30.5 Å². The van der Waals surface area contributed by atoms with Gasteiger partial charge in [-0.25, -0.2) is 0 Å². The number of ether oxygens (including phenoxy) is 1. The van der Waals surface area contributed by atoms with E-state index in [-0.39, 0.29) is 0 Å². The van der Waals surface area contributed by atoms with Gasteiger partial charge in [0.25, 0.3) is 0 Å². The van der Waals surface area contributed by atoms with E-state index in [9.17, 15) is 0 Å². The Labute approximate surface area is 93.8 Å². The molecule has 0 aliphatic heterocycles. The number of aromatic nitrogens is 2. The highest BCUT2D eigenvalue weighted by atomic mass is 16.5. The number of nitrogens with two attached hydrogens (primary N) is 1. The van der Waals surface area contributed by atoms with Crippen molar-refractivity contribution in [3.05, 3.63) is 30.5 Å². The molecule has 0 fully saturated rings. The van der Waals surface area contributed by atoms with Crippen molar-refractivity contribution in [3.63, 3.8) is 0 Å². The number of hydrogen-bond acceptors (Lipinski definition) is 4. The van der Waals surface area contributed by atoms with Gasteiger partial charge in [0.05, 0.1) is 13.3 Å². The number of nitrogen functional groups attached to an aromatic ring is 1. The van der Waals surface area contributed by atoms with Crippen molar-refractivity contribution in [2.75, 3.05) is 24.8 Å². The molecule has 0 radical (unpaired) electrons. The molecule has 0 saturated heterocycles. The summed E-state index contributed by atoms with van der Waals surface area (Å²) in [6.07, 6.45) is 1.69. The molecule has 0 atom stereocenters. The molecule has 0 aliphatic carbocycles. The number of hydrogen-bond donors (Lipinski definition) is 2. The van der Waals surface area contributed by atoms with E-state index in [1.54, 1.807) is 13.3 Å². The van der Waals surface area contributed by atoms with Gasteiger partial charge in [-0.05, 0) is 24.3 Å². The summed E-state index contributed by atoms with van der Waals surface area (Å²) < 4.78 is 5.10. The number of methoxy groups -OCH3 is 1. The third-order valence-corrected chi connectivity index (χ3v) is 2.47. The highest BCUT2D eigenvalue weighted by Crippen LogP contribution is 2.28. The summed E-state index contributed by atoms with van der Waals surface area (Å²) in [7, 11) is 3.58. The molecule has 0 saturated carbocycles. The Kier molecular flexibility index (Phi) is 2.68. The zero-order valence-electron chi connectivity index (χ0n) is 9.27. The van der Waals surface area contributed by atoms with Crippen LogP contribution in [0.25, 0.3) is 0 Å². The smallest absolute Gasteiger partial charge is 0.143 e. The molecule has 1 aromatic heterocycles. The molecule has 1 aromatic carbocycles. The van der Waals surface area contributed by atoms with E-state index < -0.39 is 0 Å². The van der Waals surface area contributed by atoms with Crippen LogP contribution in [0.5, 0.6) is 5.75 Å². The Morgan fingerprint density at radius 1 is 1.31 bits per heavy atom. The molecular formula is C11H14N4O. The van der Waals surface area contributed by atoms with Crippen molar-refractivity contribution in [1.82, 2.24) is 10.2 Å². The fourth-order valence-electron chi connectivity index (χ4n) is 1.50. The standard InChI is InChI=1S/C11H14N4O/c1-15(10-7-13-14-11(10)12)8-3-5-9(16-2)6-4-8/h3-7H,1-2H3,(H3,12,13,14). The van der Waals surface area contributed by atoms with Crippen LogP contribution >= 0.6 is 0 Å². The summed E-state index contributed by atoms with van der Waals surface area (Å²) in [6.45, 7) is 0. The molecule has 1 heterocycles. The zero-order valence-corrected chi connectivity index (χ0v) is 9.27. The second-order valence-corrected chi connectivity index (χ2v) is 3.43. The Balaban J connectivity index is 2.27. The van der Waals surface area contributed by atoms with Gasteiger partial charge < -0.3 is 15.4 Å². The lowest BCUT2D eigenvalue weighted by molar-refractivity contribution is 0.415. The van der Waals surface area contributed by atoms with Crippen molar-refractivity contribution in [1.29, 1.82) is 0 Å². The van der Waals surface area contributed by atoms with Crippen LogP contribution in [0.2, 0.25) is 0 Å². The number of nitrogens with zero attached hydrogens (tertiary/aromatic N) is 2. The highest BCUT2D eigenvalue weighted by Gasteiger charge is 2.08. The molecule has 0 bridgehead atoms. The molecule has 84 valence electrons. The molecule has 5 nitrogen and oxygen atoms in total. The van der Waals surface area contributed by atoms with Gasteiger partial charge in [0, 0.05) is 12.7 Å². The van der Waals surface area contributed by atoms with Crippen molar-refractivity contribution in [2.24, 2.45) is 0 Å². The van der Waals surface area contributed by atoms with E-state index in [0.717, 1.165) is 17.1 Å². The zero-order chi connectivity index (χ0) is 11.5. The Bertz CT molecular complexity index is 463. The van der Waals surface area contributed by atoms with Crippen LogP contribution in [-0.2, 0) is 0 Å². The predicted octanol–water partition coefficient (Wildman–Crippen LogP) is 1.77. The fourth-order valence-corrected chi connectivity index (χ4v) is 1.50. The summed E-state index contributed by atoms with van der Waals surface area (Å²) in [4.78, 5) is 1.96. The summed E-state index contributed by atoms with van der Waals surface area (Å²) in [5.41, 5.74) is 7.62. The molecule has 16 heavy (non-hydrogen) atoms. The van der Waals surface area contributed by atoms with Crippen molar-refractivity contribution >= 4 is 17.2 Å². The third kappa shape index (κ3) is 1.79. The first-order valence-electron chi connectivity index (χ1n) is 4.89. The molecule has 3 N–H and O–H groups in total. The fraction of sp³-hybridized carbons (Fsp3) is 0.182. The first kappa shape index (κ1) is 10.4. The van der Waals surface area contributed by atoms with Gasteiger partial charge in [0.15, 0.2) is 0 Å². The maximum Gasteiger partial charge on any atom is 0.143 e. The molecule has 5 heteroatoms. The summed E-state index contributed by atoms with van der Waals surface area (Å²) >= 11 is 0. The van der Waals surface area contributed by atoms with Crippen LogP contribution in [0.3, 0.4) is 0 Å². The first-order chi connectivity index (χ1) is 7.72. The minimum absolute atomic E-state index is 0.554. The normalized spacial score (nSPS) is 10.1. The van der Waals surface area contributed by atoms with Gasteiger partial charge in [-0.15, -0.1) is 0 Å². The van der Waals surface area contributed by atoms with Crippen LogP contribution in [0.1, 0.15) is 0 Å². The largest absolute Gasteiger partial charge is 0.497 e. The van der Waals surface area contributed by atoms with Crippen molar-refractivity contribution < 1.29 is 4.74 Å². The minimum Gasteiger partial charge on any atom is -0.497 e. The second-order valence-electron chi connectivity index (χ2n) is 3.43. The number of H-pyrrole nitrogens is 1. The molecule has 0 spiro atoms. The highest BCUT2D eigenvalue weighted by molar-refractivity contribution is 5.71. The molecular weight excluding hydrogens is 204 g/mol. The van der Waals surface area contributed by atoms with Crippen LogP contribution < -0.4 is 15.4 Å². The maximum atomic E-state index is 5.75. The second kappa shape index (κ2) is 4.14. The summed E-state index contributed by atoms with van der Waals surface area (Å²) in [5.74, 6) is 1.38. The lowest BCUT2D eigenvalue weighted by Crippen LogP contribution is -2.10. The van der Waals surface area contributed by atoms with Gasteiger partial charge in [-0.2, -0.15) is 5.10 Å². The Hall–Kier alpha value is -2.17. The summed E-state index contributed by atoms with van der Waals surface area (Å²) in [6, 6.07) is 7.74. The summed E-state index contributed by atoms with van der Waals surface area (Å²) in [5, 5.41) is 6.59. The van der Waals surface area contributed by atoms with Gasteiger partial charge in [-0.1, -0.05) is 0 Å². The molecule has 0 amide bonds. The van der Waals surface area contributed by atoms with Crippen molar-refractivity contribution in [2.45, 2.75) is 0 Å². The van der Waals surface area contributed by atoms with Gasteiger partial charge in [-0.3, -0.25) is 5.10 Å². The monoisotopic (exact) mass is 218 g/mol. The van der Waals surface area contributed by atoms with Crippen LogP contribution in [0, 0.1) is 0 Å². The number of aromatic amines is 1. The lowest BCUT2D eigenvalue weighted by Gasteiger charge is -2.18. The Morgan fingerprint density at radius 3 is 2.50 bits per heavy atom. The molecule has 2 rings (SSSR count). The lowest BCUT2D eigenvalue weighted by atomic mass is 10.2. The molecule has 2 aromatic rings. The van der Waals surface area contributed by atoms with Gasteiger partial charge >= 0.3 is 0 Å². The van der Waals surface area contributed by atoms with Crippen LogP contribution in [0.4, 0.5) is 17.2 Å². The number of anilines is 3. The maximum absolute atomic E-state index is 5.75. The third-order valence-electron chi connectivity index (χ3n) is 2.47. The van der Waals surface area contributed by atoms with Gasteiger partial charge in [0.2, 0.25) is 0 Å². The van der Waals surface area contributed by atoms with E-state index in [1.165, 1.54) is 0 Å². The van der Waals surface area contributed by atoms with E-state index in [1.807, 2.05) is 36.2 Å². The minimum atomic E-state index is 0.554. The van der Waals surface area contributed by atoms with Crippen molar-refractivity contribution in [3.8, 4) is 5.75 Å². The number of rotatable bonds is 3. The average Bonchev–Trinajstić information content (AvgIpc) is 2.75. The number of benzene rings is 1. The van der Waals surface area contributed by atoms with Gasteiger partial charge in [0.1, 0.15) is 17.3 Å². The van der Waals surface area contributed by atoms with E-state index in [4.69, 9.17) is 10.5 Å². The quantitative estimate of drug-likeness (QED) is 0.823. The Morgan fingerprint density at radius 2 is 2.00 bits per heavy atom. The average molecular weight is 218 g/mol. The predicted molar refractivity (Wildman–Crippen MR) is 64.1 cm³/mol. The SMILES string of the molecule is COc1ccc(N(C)c2cn[nH]c2N)cc1. The van der Waals surface area contributed by atoms with E-state index in [2.05, 4.69) is 10.2 Å². The topological polar surface area (TPSA) is 67.2 Å². The molecule has 0 aliphatic rings. The number of nitrogens with one attached hydrogen (secondary N) is 1. The molecule has 0 unspecified atom stereocenters.